The van der Waals surface area contributed by atoms with Crippen molar-refractivity contribution in [1.82, 2.24) is 9.97 Å². The molecule has 1 heterocycles. The first-order valence-electron chi connectivity index (χ1n) is 7.01. The first-order valence-corrected chi connectivity index (χ1v) is 8.21. The molecule has 5 heteroatoms. The summed E-state index contributed by atoms with van der Waals surface area (Å²) in [6.45, 7) is 0.491. The van der Waals surface area contributed by atoms with E-state index in [1.807, 2.05) is 6.07 Å². The van der Waals surface area contributed by atoms with Crippen LogP contribution in [0.4, 0.5) is 0 Å². The average Bonchev–Trinajstić information content (AvgIpc) is 2.44. The smallest absolute Gasteiger partial charge is 0.144 e. The van der Waals surface area contributed by atoms with E-state index in [2.05, 4.69) is 50.2 Å². The molecular formula is C16H17BrN2OS. The molecule has 0 aliphatic heterocycles. The van der Waals surface area contributed by atoms with Gasteiger partial charge in [0.25, 0.3) is 0 Å². The second-order valence-corrected chi connectivity index (χ2v) is 6.60. The summed E-state index contributed by atoms with van der Waals surface area (Å²) in [5.41, 5.74) is 2.23. The molecule has 0 amide bonds. The Balaban J connectivity index is 2.12. The number of nitrogens with zero attached hydrogens (tertiary/aromatic N) is 1. The van der Waals surface area contributed by atoms with Crippen molar-refractivity contribution in [2.45, 2.75) is 31.3 Å². The molecule has 0 atom stereocenters. The van der Waals surface area contributed by atoms with E-state index in [1.165, 1.54) is 12.0 Å². The van der Waals surface area contributed by atoms with Crippen molar-refractivity contribution in [2.24, 2.45) is 0 Å². The van der Waals surface area contributed by atoms with Crippen molar-refractivity contribution in [3.63, 3.8) is 0 Å². The standard InChI is InChI=1S/C16H17BrN2OS/c1-20-10-12-13(17)14(21)19-15(18-12)16(8-5-9-16)11-6-3-2-4-7-11/h2-4,6-7H,5,8-10H2,1H3,(H,18,19,21). The highest BCUT2D eigenvalue weighted by Gasteiger charge is 2.42. The molecule has 1 aliphatic rings. The lowest BCUT2D eigenvalue weighted by Gasteiger charge is -2.41. The van der Waals surface area contributed by atoms with Gasteiger partial charge in [0.1, 0.15) is 10.5 Å². The fraction of sp³-hybridized carbons (Fsp3) is 0.375. The number of aromatic amines is 1. The van der Waals surface area contributed by atoms with E-state index in [0.29, 0.717) is 11.2 Å². The number of hydrogen-bond acceptors (Lipinski definition) is 3. The Bertz CT molecular complexity index is 695. The Hall–Kier alpha value is -1.04. The van der Waals surface area contributed by atoms with Gasteiger partial charge in [0.15, 0.2) is 0 Å². The minimum absolute atomic E-state index is 0.0298. The zero-order valence-corrected chi connectivity index (χ0v) is 14.3. The molecule has 110 valence electrons. The number of aromatic nitrogens is 2. The van der Waals surface area contributed by atoms with Gasteiger partial charge in [-0.15, -0.1) is 0 Å². The molecule has 0 saturated heterocycles. The Morgan fingerprint density at radius 3 is 2.62 bits per heavy atom. The summed E-state index contributed by atoms with van der Waals surface area (Å²) in [7, 11) is 1.68. The Morgan fingerprint density at radius 2 is 2.05 bits per heavy atom. The van der Waals surface area contributed by atoms with Crippen LogP contribution < -0.4 is 0 Å². The fourth-order valence-electron chi connectivity index (χ4n) is 2.93. The lowest BCUT2D eigenvalue weighted by molar-refractivity contribution is 0.179. The number of methoxy groups -OCH3 is 1. The van der Waals surface area contributed by atoms with E-state index in [0.717, 1.165) is 28.8 Å². The van der Waals surface area contributed by atoms with Crippen LogP contribution in [-0.2, 0) is 16.8 Å². The zero-order chi connectivity index (χ0) is 14.9. The second-order valence-electron chi connectivity index (χ2n) is 5.42. The van der Waals surface area contributed by atoms with Crippen LogP contribution in [0, 0.1) is 4.64 Å². The Kier molecular flexibility index (Phi) is 4.24. The molecule has 1 N–H and O–H groups in total. The van der Waals surface area contributed by atoms with Crippen molar-refractivity contribution in [1.29, 1.82) is 0 Å². The molecular weight excluding hydrogens is 348 g/mol. The molecule has 21 heavy (non-hydrogen) atoms. The Morgan fingerprint density at radius 1 is 1.33 bits per heavy atom. The summed E-state index contributed by atoms with van der Waals surface area (Å²) in [6, 6.07) is 10.6. The lowest BCUT2D eigenvalue weighted by Crippen LogP contribution is -2.37. The molecule has 1 saturated carbocycles. The van der Waals surface area contributed by atoms with E-state index < -0.39 is 0 Å². The van der Waals surface area contributed by atoms with Gasteiger partial charge in [-0.2, -0.15) is 0 Å². The second kappa shape index (κ2) is 5.99. The van der Waals surface area contributed by atoms with Crippen molar-refractivity contribution >= 4 is 28.1 Å². The quantitative estimate of drug-likeness (QED) is 0.810. The van der Waals surface area contributed by atoms with Crippen molar-refractivity contribution in [2.75, 3.05) is 7.11 Å². The molecule has 0 bridgehead atoms. The normalized spacial score (nSPS) is 16.5. The number of nitrogens with one attached hydrogen (secondary N) is 1. The molecule has 3 rings (SSSR count). The van der Waals surface area contributed by atoms with Crippen LogP contribution in [0.1, 0.15) is 36.3 Å². The predicted octanol–water partition coefficient (Wildman–Crippen LogP) is 4.52. The molecule has 0 radical (unpaired) electrons. The van der Waals surface area contributed by atoms with Crippen LogP contribution in [-0.4, -0.2) is 17.1 Å². The minimum Gasteiger partial charge on any atom is -0.378 e. The maximum absolute atomic E-state index is 5.40. The van der Waals surface area contributed by atoms with Gasteiger partial charge in [-0.25, -0.2) is 4.98 Å². The zero-order valence-electron chi connectivity index (χ0n) is 11.9. The molecule has 1 aromatic heterocycles. The van der Waals surface area contributed by atoms with Gasteiger partial charge in [-0.1, -0.05) is 49.0 Å². The largest absolute Gasteiger partial charge is 0.378 e. The van der Waals surface area contributed by atoms with Gasteiger partial charge < -0.3 is 9.72 Å². The first kappa shape index (κ1) is 14.9. The number of halogens is 1. The minimum atomic E-state index is -0.0298. The van der Waals surface area contributed by atoms with Gasteiger partial charge >= 0.3 is 0 Å². The van der Waals surface area contributed by atoms with E-state index in [-0.39, 0.29) is 5.41 Å². The summed E-state index contributed by atoms with van der Waals surface area (Å²) < 4.78 is 6.67. The van der Waals surface area contributed by atoms with Crippen LogP contribution in [0.15, 0.2) is 34.8 Å². The lowest BCUT2D eigenvalue weighted by atomic mass is 9.64. The first-order chi connectivity index (χ1) is 10.2. The molecule has 2 aromatic rings. The van der Waals surface area contributed by atoms with Crippen LogP contribution in [0.2, 0.25) is 0 Å². The molecule has 0 unspecified atom stereocenters. The van der Waals surface area contributed by atoms with Crippen LogP contribution >= 0.6 is 28.1 Å². The van der Waals surface area contributed by atoms with Gasteiger partial charge in [-0.3, -0.25) is 0 Å². The van der Waals surface area contributed by atoms with Crippen molar-refractivity contribution in [3.05, 3.63) is 56.5 Å². The van der Waals surface area contributed by atoms with Crippen molar-refractivity contribution < 1.29 is 4.74 Å². The van der Waals surface area contributed by atoms with Crippen molar-refractivity contribution in [3.8, 4) is 0 Å². The maximum Gasteiger partial charge on any atom is 0.144 e. The summed E-state index contributed by atoms with van der Waals surface area (Å²) in [4.78, 5) is 8.09. The van der Waals surface area contributed by atoms with E-state index in [9.17, 15) is 0 Å². The van der Waals surface area contributed by atoms with Crippen LogP contribution in [0.3, 0.4) is 0 Å². The highest BCUT2D eigenvalue weighted by atomic mass is 79.9. The van der Waals surface area contributed by atoms with E-state index >= 15 is 0 Å². The molecule has 3 nitrogen and oxygen atoms in total. The predicted molar refractivity (Wildman–Crippen MR) is 88.9 cm³/mol. The molecule has 1 aliphatic carbocycles. The summed E-state index contributed by atoms with van der Waals surface area (Å²) in [6.07, 6.45) is 3.42. The Labute approximate surface area is 137 Å². The number of benzene rings is 1. The summed E-state index contributed by atoms with van der Waals surface area (Å²) in [5, 5.41) is 0. The van der Waals surface area contributed by atoms with Crippen LogP contribution in [0.5, 0.6) is 0 Å². The number of ether oxygens (including phenoxy) is 1. The van der Waals surface area contributed by atoms with E-state index in [4.69, 9.17) is 17.0 Å². The monoisotopic (exact) mass is 364 g/mol. The van der Waals surface area contributed by atoms with Gasteiger partial charge in [0.05, 0.1) is 22.2 Å². The number of H-pyrrole nitrogens is 1. The third kappa shape index (κ3) is 2.58. The topological polar surface area (TPSA) is 37.9 Å². The SMILES string of the molecule is COCc1[nH]c(C2(c3ccccc3)CCC2)nc(=S)c1Br. The molecule has 1 fully saturated rings. The highest BCUT2D eigenvalue weighted by molar-refractivity contribution is 9.10. The van der Waals surface area contributed by atoms with Gasteiger partial charge in [0.2, 0.25) is 0 Å². The highest BCUT2D eigenvalue weighted by Crippen LogP contribution is 2.47. The summed E-state index contributed by atoms with van der Waals surface area (Å²) in [5.74, 6) is 0.959. The number of rotatable bonds is 4. The van der Waals surface area contributed by atoms with Gasteiger partial charge in [-0.05, 0) is 34.3 Å². The third-order valence-corrected chi connectivity index (χ3v) is 5.62. The molecule has 1 aromatic carbocycles. The number of hydrogen-bond donors (Lipinski definition) is 1. The summed E-state index contributed by atoms with van der Waals surface area (Å²) >= 11 is 8.90. The average molecular weight is 365 g/mol. The third-order valence-electron chi connectivity index (χ3n) is 4.21. The maximum atomic E-state index is 5.40. The fourth-order valence-corrected chi connectivity index (χ4v) is 3.44. The van der Waals surface area contributed by atoms with E-state index in [1.54, 1.807) is 7.11 Å². The molecule has 0 spiro atoms. The van der Waals surface area contributed by atoms with Gasteiger partial charge in [0, 0.05) is 7.11 Å². The van der Waals surface area contributed by atoms with Crippen LogP contribution in [0.25, 0.3) is 0 Å².